The molecule has 1 saturated carbocycles. The number of unbranched alkanes of at least 4 members (excludes halogenated alkanes) is 1. The van der Waals surface area contributed by atoms with Crippen LogP contribution in [0.1, 0.15) is 60.9 Å². The third-order valence-electron chi connectivity index (χ3n) is 8.22. The van der Waals surface area contributed by atoms with Crippen LogP contribution < -0.4 is 10.6 Å². The van der Waals surface area contributed by atoms with Crippen molar-refractivity contribution in [1.82, 2.24) is 15.2 Å². The molecule has 0 saturated heterocycles. The van der Waals surface area contributed by atoms with Crippen molar-refractivity contribution in [1.29, 1.82) is 5.26 Å². The molecule has 1 aromatic carbocycles. The number of carboxylic acid groups (broad SMARTS) is 1. The van der Waals surface area contributed by atoms with Crippen LogP contribution in [0.4, 0.5) is 14.6 Å². The predicted molar refractivity (Wildman–Crippen MR) is 153 cm³/mol. The number of carbonyl (C=O) groups is 2. The van der Waals surface area contributed by atoms with Gasteiger partial charge in [-0.3, -0.25) is 4.79 Å². The van der Waals surface area contributed by atoms with Crippen molar-refractivity contribution in [3.05, 3.63) is 58.5 Å². The van der Waals surface area contributed by atoms with Gasteiger partial charge in [0.15, 0.2) is 0 Å². The minimum Gasteiger partial charge on any atom is -0.480 e. The summed E-state index contributed by atoms with van der Waals surface area (Å²) in [6, 6.07) is 8.66. The number of rotatable bonds is 16. The van der Waals surface area contributed by atoms with Crippen molar-refractivity contribution < 1.29 is 28.2 Å². The molecule has 3 N–H and O–H groups in total. The summed E-state index contributed by atoms with van der Waals surface area (Å²) in [5, 5.41) is 25.3. The van der Waals surface area contributed by atoms with E-state index in [1.807, 2.05) is 11.0 Å². The Kier molecular flexibility index (Phi) is 10.8. The number of hydrogen-bond acceptors (Lipinski definition) is 7. The van der Waals surface area contributed by atoms with Crippen LogP contribution in [-0.2, 0) is 32.6 Å². The normalized spacial score (nSPS) is 16.5. The smallest absolute Gasteiger partial charge is 0.326 e. The zero-order chi connectivity index (χ0) is 30.1. The van der Waals surface area contributed by atoms with E-state index in [-0.39, 0.29) is 12.0 Å². The van der Waals surface area contributed by atoms with Crippen LogP contribution in [0, 0.1) is 17.1 Å². The van der Waals surface area contributed by atoms with Crippen LogP contribution in [0.3, 0.4) is 0 Å². The number of pyridine rings is 1. The van der Waals surface area contributed by atoms with Gasteiger partial charge in [-0.2, -0.15) is 5.26 Å². The van der Waals surface area contributed by atoms with Gasteiger partial charge in [-0.1, -0.05) is 12.1 Å². The Morgan fingerprint density at radius 1 is 1.26 bits per heavy atom. The van der Waals surface area contributed by atoms with Crippen molar-refractivity contribution in [3.63, 3.8) is 0 Å². The van der Waals surface area contributed by atoms with Crippen molar-refractivity contribution in [3.8, 4) is 6.07 Å². The van der Waals surface area contributed by atoms with Gasteiger partial charge in [0, 0.05) is 32.4 Å². The van der Waals surface area contributed by atoms with Crippen LogP contribution in [0.15, 0.2) is 30.3 Å². The second-order valence-corrected chi connectivity index (χ2v) is 11.1. The average Bonchev–Trinajstić information content (AvgIpc) is 3.81. The van der Waals surface area contributed by atoms with Crippen LogP contribution in [0.5, 0.6) is 0 Å². The number of aliphatic carboxylic acids is 1. The van der Waals surface area contributed by atoms with Crippen molar-refractivity contribution in [2.45, 2.75) is 68.9 Å². The van der Waals surface area contributed by atoms with E-state index < -0.39 is 41.9 Å². The maximum absolute atomic E-state index is 13.7. The first-order valence-electron chi connectivity index (χ1n) is 14.6. The summed E-state index contributed by atoms with van der Waals surface area (Å²) < 4.78 is 32.4. The molecule has 1 aliphatic carbocycles. The fourth-order valence-electron chi connectivity index (χ4n) is 5.55. The fraction of sp³-hybridized carbons (Fsp3) is 0.548. The molecule has 1 aromatic heterocycles. The highest BCUT2D eigenvalue weighted by molar-refractivity contribution is 5.94. The standard InChI is InChI=1S/C31H39F2N5O4/c1-42-25(18-32)20-38(15-3-2-6-24-9-7-21-5-4-14-35-28(21)36-24)16-11-27(29(39)40)37-30(41)31(12-13-31)26-10-8-23(33)17-22(26)19-34/h7-10,17,25,27H,2-6,11-16,18,20H2,1H3,(H,35,36)(H,37,41)(H,39,40). The van der Waals surface area contributed by atoms with Gasteiger partial charge in [0.25, 0.3) is 0 Å². The largest absolute Gasteiger partial charge is 0.480 e. The monoisotopic (exact) mass is 583 g/mol. The Labute approximate surface area is 245 Å². The highest BCUT2D eigenvalue weighted by Gasteiger charge is 2.53. The number of methoxy groups -OCH3 is 1. The molecule has 2 heterocycles. The summed E-state index contributed by atoms with van der Waals surface area (Å²) in [6.45, 7) is 1.47. The number of fused-ring (bicyclic) bond motifs is 1. The number of nitrogens with one attached hydrogen (secondary N) is 2. The van der Waals surface area contributed by atoms with E-state index in [4.69, 9.17) is 9.72 Å². The first kappa shape index (κ1) is 31.3. The number of benzene rings is 1. The molecular weight excluding hydrogens is 544 g/mol. The molecule has 1 aliphatic heterocycles. The van der Waals surface area contributed by atoms with Crippen LogP contribution in [-0.4, -0.2) is 79.0 Å². The third-order valence-corrected chi connectivity index (χ3v) is 8.22. The van der Waals surface area contributed by atoms with E-state index in [2.05, 4.69) is 22.8 Å². The Hall–Kier alpha value is -3.62. The van der Waals surface area contributed by atoms with E-state index >= 15 is 0 Å². The van der Waals surface area contributed by atoms with Crippen LogP contribution >= 0.6 is 0 Å². The number of aromatic nitrogens is 1. The van der Waals surface area contributed by atoms with Gasteiger partial charge in [0.05, 0.1) is 23.2 Å². The SMILES string of the molecule is COC(CF)CN(CCCCc1ccc2c(n1)NCCC2)CCC(NC(=O)C1(c2ccc(F)cc2C#N)CC1)C(=O)O. The van der Waals surface area contributed by atoms with E-state index in [9.17, 15) is 28.7 Å². The minimum absolute atomic E-state index is 0.0689. The molecule has 1 fully saturated rings. The number of anilines is 1. The number of nitrogens with zero attached hydrogens (tertiary/aromatic N) is 3. The van der Waals surface area contributed by atoms with E-state index in [1.54, 1.807) is 0 Å². The fourth-order valence-corrected chi connectivity index (χ4v) is 5.55. The molecule has 0 spiro atoms. The molecule has 0 bridgehead atoms. The molecule has 1 amide bonds. The first-order valence-corrected chi connectivity index (χ1v) is 14.6. The average molecular weight is 584 g/mol. The number of aryl methyl sites for hydroxylation is 2. The van der Waals surface area contributed by atoms with Crippen LogP contribution in [0.2, 0.25) is 0 Å². The number of nitriles is 1. The number of carbonyl (C=O) groups excluding carboxylic acids is 1. The van der Waals surface area contributed by atoms with Crippen molar-refractivity contribution in [2.24, 2.45) is 0 Å². The van der Waals surface area contributed by atoms with Crippen LogP contribution in [0.25, 0.3) is 0 Å². The third kappa shape index (κ3) is 7.81. The number of carboxylic acids is 1. The zero-order valence-electron chi connectivity index (χ0n) is 24.0. The van der Waals surface area contributed by atoms with E-state index in [0.717, 1.165) is 56.2 Å². The highest BCUT2D eigenvalue weighted by atomic mass is 19.1. The second kappa shape index (κ2) is 14.5. The number of halogens is 2. The first-order chi connectivity index (χ1) is 20.3. The van der Waals surface area contributed by atoms with Gasteiger partial charge in [0.2, 0.25) is 5.91 Å². The number of amides is 1. The minimum atomic E-state index is -1.18. The van der Waals surface area contributed by atoms with E-state index in [0.29, 0.717) is 38.0 Å². The number of hydrogen-bond donors (Lipinski definition) is 3. The topological polar surface area (TPSA) is 128 Å². The van der Waals surface area contributed by atoms with Gasteiger partial charge < -0.3 is 25.4 Å². The predicted octanol–water partition coefficient (Wildman–Crippen LogP) is 3.75. The van der Waals surface area contributed by atoms with E-state index in [1.165, 1.54) is 24.8 Å². The molecule has 2 aliphatic rings. The van der Waals surface area contributed by atoms with Gasteiger partial charge >= 0.3 is 5.97 Å². The summed E-state index contributed by atoms with van der Waals surface area (Å²) in [6.07, 6.45) is 4.93. The molecule has 9 nitrogen and oxygen atoms in total. The maximum atomic E-state index is 13.7. The maximum Gasteiger partial charge on any atom is 0.326 e. The number of alkyl halides is 1. The molecule has 0 radical (unpaired) electrons. The lowest BCUT2D eigenvalue weighted by atomic mass is 9.90. The Balaban J connectivity index is 1.34. The zero-order valence-corrected chi connectivity index (χ0v) is 24.0. The lowest BCUT2D eigenvalue weighted by molar-refractivity contribution is -0.142. The Bertz CT molecular complexity index is 1290. The van der Waals surface area contributed by atoms with Gasteiger partial charge in [0.1, 0.15) is 24.4 Å². The summed E-state index contributed by atoms with van der Waals surface area (Å²) in [5.41, 5.74) is 1.69. The Morgan fingerprint density at radius 3 is 2.76 bits per heavy atom. The van der Waals surface area contributed by atoms with Gasteiger partial charge in [-0.25, -0.2) is 18.6 Å². The molecule has 4 rings (SSSR count). The molecular formula is C31H39F2N5O4. The lowest BCUT2D eigenvalue weighted by Crippen LogP contribution is -2.47. The molecule has 42 heavy (non-hydrogen) atoms. The van der Waals surface area contributed by atoms with Crippen molar-refractivity contribution in [2.75, 3.05) is 45.3 Å². The summed E-state index contributed by atoms with van der Waals surface area (Å²) in [7, 11) is 1.44. The summed E-state index contributed by atoms with van der Waals surface area (Å²) in [5.74, 6) is -1.28. The second-order valence-electron chi connectivity index (χ2n) is 11.1. The highest BCUT2D eigenvalue weighted by Crippen LogP contribution is 2.49. The number of ether oxygens (including phenoxy) is 1. The van der Waals surface area contributed by atoms with Crippen molar-refractivity contribution >= 4 is 17.7 Å². The summed E-state index contributed by atoms with van der Waals surface area (Å²) in [4.78, 5) is 32.1. The molecule has 2 atom stereocenters. The van der Waals surface area contributed by atoms with Gasteiger partial charge in [-0.05, 0) is 87.2 Å². The summed E-state index contributed by atoms with van der Waals surface area (Å²) >= 11 is 0. The molecule has 2 aromatic rings. The molecule has 11 heteroatoms. The lowest BCUT2D eigenvalue weighted by Gasteiger charge is -2.27. The Morgan fingerprint density at radius 2 is 2.07 bits per heavy atom. The van der Waals surface area contributed by atoms with Gasteiger partial charge in [-0.15, -0.1) is 0 Å². The quantitative estimate of drug-likeness (QED) is 0.255. The molecule has 226 valence electrons. The molecule has 2 unspecified atom stereocenters.